The molecule has 0 aliphatic heterocycles. The van der Waals surface area contributed by atoms with E-state index >= 15 is 0 Å². The van der Waals surface area contributed by atoms with E-state index in [4.69, 9.17) is 0 Å². The average molecular weight is 312 g/mol. The number of thiophene rings is 1. The molecule has 5 heteroatoms. The van der Waals surface area contributed by atoms with Gasteiger partial charge in [-0.05, 0) is 41.4 Å². The molecule has 0 spiro atoms. The van der Waals surface area contributed by atoms with Crippen molar-refractivity contribution in [3.8, 4) is 10.7 Å². The second-order valence-electron chi connectivity index (χ2n) is 3.67. The van der Waals surface area contributed by atoms with E-state index < -0.39 is 0 Å². The first-order valence-electron chi connectivity index (χ1n) is 5.46. The fourth-order valence-corrected chi connectivity index (χ4v) is 3.02. The van der Waals surface area contributed by atoms with Crippen LogP contribution in [0.3, 0.4) is 0 Å². The number of nitrogens with zero attached hydrogens (tertiary/aromatic N) is 2. The van der Waals surface area contributed by atoms with Crippen LogP contribution >= 0.6 is 27.3 Å². The standard InChI is InChI=1S/C12H14BrN3S/c1-4-8-7(2)11(14-3)16-12(15-8)9-5-6-10(13)17-9/h5-6H,4H2,1-3H3,(H,14,15,16). The molecule has 2 rings (SSSR count). The van der Waals surface area contributed by atoms with E-state index in [2.05, 4.69) is 45.1 Å². The molecule has 0 amide bonds. The van der Waals surface area contributed by atoms with Crippen molar-refractivity contribution in [1.82, 2.24) is 9.97 Å². The van der Waals surface area contributed by atoms with E-state index in [-0.39, 0.29) is 0 Å². The molecule has 2 heterocycles. The normalized spacial score (nSPS) is 10.6. The first-order chi connectivity index (χ1) is 8.15. The van der Waals surface area contributed by atoms with Gasteiger partial charge in [-0.1, -0.05) is 6.92 Å². The summed E-state index contributed by atoms with van der Waals surface area (Å²) in [4.78, 5) is 10.3. The summed E-state index contributed by atoms with van der Waals surface area (Å²) in [5.41, 5.74) is 2.23. The number of rotatable bonds is 3. The summed E-state index contributed by atoms with van der Waals surface area (Å²) >= 11 is 5.11. The molecule has 0 atom stereocenters. The zero-order valence-electron chi connectivity index (χ0n) is 10.0. The van der Waals surface area contributed by atoms with E-state index in [0.29, 0.717) is 0 Å². The monoisotopic (exact) mass is 311 g/mol. The molecule has 0 bridgehead atoms. The van der Waals surface area contributed by atoms with E-state index in [1.165, 1.54) is 0 Å². The number of nitrogens with one attached hydrogen (secondary N) is 1. The van der Waals surface area contributed by atoms with Crippen molar-refractivity contribution in [2.75, 3.05) is 12.4 Å². The first kappa shape index (κ1) is 12.5. The molecule has 0 aliphatic carbocycles. The molecule has 0 aliphatic rings. The smallest absolute Gasteiger partial charge is 0.171 e. The van der Waals surface area contributed by atoms with Crippen molar-refractivity contribution in [2.24, 2.45) is 0 Å². The zero-order chi connectivity index (χ0) is 12.4. The van der Waals surface area contributed by atoms with Crippen LogP contribution in [-0.2, 0) is 6.42 Å². The van der Waals surface area contributed by atoms with Gasteiger partial charge < -0.3 is 5.32 Å². The molecule has 0 aromatic carbocycles. The molecule has 0 fully saturated rings. The third kappa shape index (κ3) is 2.50. The highest BCUT2D eigenvalue weighted by atomic mass is 79.9. The topological polar surface area (TPSA) is 37.8 Å². The molecule has 2 aromatic heterocycles. The summed E-state index contributed by atoms with van der Waals surface area (Å²) in [5, 5.41) is 3.13. The summed E-state index contributed by atoms with van der Waals surface area (Å²) in [6.45, 7) is 4.17. The largest absolute Gasteiger partial charge is 0.373 e. The number of halogens is 1. The number of hydrogen-bond donors (Lipinski definition) is 1. The zero-order valence-corrected chi connectivity index (χ0v) is 12.4. The lowest BCUT2D eigenvalue weighted by atomic mass is 10.2. The van der Waals surface area contributed by atoms with Crippen LogP contribution in [0.15, 0.2) is 15.9 Å². The van der Waals surface area contributed by atoms with Gasteiger partial charge in [0.05, 0.1) is 8.66 Å². The third-order valence-corrected chi connectivity index (χ3v) is 4.23. The Balaban J connectivity index is 2.55. The minimum Gasteiger partial charge on any atom is -0.373 e. The van der Waals surface area contributed by atoms with Crippen LogP contribution in [0, 0.1) is 6.92 Å². The Kier molecular flexibility index (Phi) is 3.79. The van der Waals surface area contributed by atoms with Crippen LogP contribution in [0.5, 0.6) is 0 Å². The predicted molar refractivity (Wildman–Crippen MR) is 76.7 cm³/mol. The second kappa shape index (κ2) is 5.14. The summed E-state index contributed by atoms with van der Waals surface area (Å²) < 4.78 is 1.10. The van der Waals surface area contributed by atoms with Gasteiger partial charge in [0.2, 0.25) is 0 Å². The molecule has 2 aromatic rings. The van der Waals surface area contributed by atoms with Gasteiger partial charge in [0.15, 0.2) is 5.82 Å². The molecule has 17 heavy (non-hydrogen) atoms. The number of anilines is 1. The molecule has 0 unspecified atom stereocenters. The summed E-state index contributed by atoms with van der Waals surface area (Å²) in [7, 11) is 1.89. The minimum absolute atomic E-state index is 0.799. The summed E-state index contributed by atoms with van der Waals surface area (Å²) in [6.07, 6.45) is 0.919. The van der Waals surface area contributed by atoms with Crippen molar-refractivity contribution in [1.29, 1.82) is 0 Å². The molecule has 90 valence electrons. The highest BCUT2D eigenvalue weighted by Gasteiger charge is 2.11. The van der Waals surface area contributed by atoms with Gasteiger partial charge in [0, 0.05) is 18.3 Å². The maximum absolute atomic E-state index is 4.62. The lowest BCUT2D eigenvalue weighted by Gasteiger charge is -2.10. The Morgan fingerprint density at radius 3 is 2.65 bits per heavy atom. The quantitative estimate of drug-likeness (QED) is 0.934. The fourth-order valence-electron chi connectivity index (χ4n) is 1.70. The van der Waals surface area contributed by atoms with E-state index in [1.54, 1.807) is 11.3 Å². The van der Waals surface area contributed by atoms with Crippen molar-refractivity contribution >= 4 is 33.1 Å². The van der Waals surface area contributed by atoms with Crippen molar-refractivity contribution in [3.05, 3.63) is 27.2 Å². The van der Waals surface area contributed by atoms with Crippen LogP contribution in [0.4, 0.5) is 5.82 Å². The molecule has 1 N–H and O–H groups in total. The Hall–Kier alpha value is -0.940. The van der Waals surface area contributed by atoms with Gasteiger partial charge in [-0.3, -0.25) is 0 Å². The highest BCUT2D eigenvalue weighted by molar-refractivity contribution is 9.11. The fraction of sp³-hybridized carbons (Fsp3) is 0.333. The van der Waals surface area contributed by atoms with Crippen molar-refractivity contribution < 1.29 is 0 Å². The van der Waals surface area contributed by atoms with Gasteiger partial charge in [0.25, 0.3) is 0 Å². The Morgan fingerprint density at radius 2 is 2.12 bits per heavy atom. The molecular weight excluding hydrogens is 298 g/mol. The van der Waals surface area contributed by atoms with Crippen molar-refractivity contribution in [2.45, 2.75) is 20.3 Å². The summed E-state index contributed by atoms with van der Waals surface area (Å²) in [5.74, 6) is 1.71. The number of aromatic nitrogens is 2. The highest BCUT2D eigenvalue weighted by Crippen LogP contribution is 2.30. The molecule has 3 nitrogen and oxygen atoms in total. The molecule has 0 saturated heterocycles. The third-order valence-electron chi connectivity index (χ3n) is 2.61. The van der Waals surface area contributed by atoms with Crippen LogP contribution < -0.4 is 5.32 Å². The lowest BCUT2D eigenvalue weighted by molar-refractivity contribution is 0.980. The first-order valence-corrected chi connectivity index (χ1v) is 7.07. The number of aryl methyl sites for hydroxylation is 1. The van der Waals surface area contributed by atoms with E-state index in [9.17, 15) is 0 Å². The van der Waals surface area contributed by atoms with Crippen molar-refractivity contribution in [3.63, 3.8) is 0 Å². The Morgan fingerprint density at radius 1 is 1.35 bits per heavy atom. The van der Waals surface area contributed by atoms with Gasteiger partial charge in [0.1, 0.15) is 5.82 Å². The SMILES string of the molecule is CCc1nc(-c2ccc(Br)s2)nc(NC)c1C. The predicted octanol–water partition coefficient (Wildman–Crippen LogP) is 3.88. The Bertz CT molecular complexity index is 511. The van der Waals surface area contributed by atoms with Gasteiger partial charge in [-0.15, -0.1) is 11.3 Å². The maximum atomic E-state index is 4.62. The second-order valence-corrected chi connectivity index (χ2v) is 6.14. The summed E-state index contributed by atoms with van der Waals surface area (Å²) in [6, 6.07) is 4.06. The average Bonchev–Trinajstić information content (AvgIpc) is 2.76. The van der Waals surface area contributed by atoms with Gasteiger partial charge in [-0.2, -0.15) is 0 Å². The molecular formula is C12H14BrN3S. The lowest BCUT2D eigenvalue weighted by Crippen LogP contribution is -2.04. The molecule has 0 radical (unpaired) electrons. The van der Waals surface area contributed by atoms with Gasteiger partial charge >= 0.3 is 0 Å². The minimum atomic E-state index is 0.799. The Labute approximate surface area is 113 Å². The molecule has 0 saturated carbocycles. The van der Waals surface area contributed by atoms with Crippen LogP contribution in [0.2, 0.25) is 0 Å². The van der Waals surface area contributed by atoms with Crippen LogP contribution in [-0.4, -0.2) is 17.0 Å². The van der Waals surface area contributed by atoms with E-state index in [1.807, 2.05) is 19.2 Å². The van der Waals surface area contributed by atoms with Gasteiger partial charge in [-0.25, -0.2) is 9.97 Å². The van der Waals surface area contributed by atoms with Crippen LogP contribution in [0.1, 0.15) is 18.2 Å². The van der Waals surface area contributed by atoms with Crippen LogP contribution in [0.25, 0.3) is 10.7 Å². The van der Waals surface area contributed by atoms with E-state index in [0.717, 1.165) is 38.0 Å². The maximum Gasteiger partial charge on any atom is 0.171 e. The number of hydrogen-bond acceptors (Lipinski definition) is 4.